The van der Waals surface area contributed by atoms with Gasteiger partial charge in [0.15, 0.2) is 10.9 Å². The van der Waals surface area contributed by atoms with E-state index in [1.807, 2.05) is 18.2 Å². The van der Waals surface area contributed by atoms with E-state index in [4.69, 9.17) is 10.2 Å². The van der Waals surface area contributed by atoms with Gasteiger partial charge in [-0.2, -0.15) is 5.10 Å². The zero-order valence-electron chi connectivity index (χ0n) is 8.18. The molecule has 0 aliphatic carbocycles. The molecule has 1 aromatic heterocycles. The Morgan fingerprint density at radius 2 is 2.12 bits per heavy atom. The molecule has 0 bridgehead atoms. The van der Waals surface area contributed by atoms with Crippen LogP contribution in [0, 0.1) is 0 Å². The van der Waals surface area contributed by atoms with E-state index in [-0.39, 0.29) is 11.1 Å². The number of nitrogens with zero attached hydrogens (tertiary/aromatic N) is 1. The van der Waals surface area contributed by atoms with Gasteiger partial charge in [-0.15, -0.1) is 0 Å². The number of benzene rings is 1. The fraction of sp³-hybridized carbons (Fsp3) is 0. The molecular formula is C10H9N3O2S. The number of nitrogens with one attached hydrogen (secondary N) is 1. The third-order valence-corrected chi connectivity index (χ3v) is 2.08. The summed E-state index contributed by atoms with van der Waals surface area (Å²) in [5.41, 5.74) is 7.61. The van der Waals surface area contributed by atoms with Crippen LogP contribution >= 0.6 is 12.2 Å². The van der Waals surface area contributed by atoms with Gasteiger partial charge in [0, 0.05) is 5.39 Å². The molecule has 1 heterocycles. The molecule has 0 fully saturated rings. The van der Waals surface area contributed by atoms with Crippen LogP contribution in [0.1, 0.15) is 5.76 Å². The number of aromatic hydroxyl groups is 1. The van der Waals surface area contributed by atoms with E-state index in [0.29, 0.717) is 11.1 Å². The lowest BCUT2D eigenvalue weighted by atomic mass is 10.2. The van der Waals surface area contributed by atoms with Crippen LogP contribution < -0.4 is 11.2 Å². The molecule has 0 saturated heterocycles. The van der Waals surface area contributed by atoms with E-state index < -0.39 is 0 Å². The highest BCUT2D eigenvalue weighted by atomic mass is 32.1. The zero-order valence-corrected chi connectivity index (χ0v) is 8.99. The predicted octanol–water partition coefficient (Wildman–Crippen LogP) is 1.31. The van der Waals surface area contributed by atoms with Gasteiger partial charge in [0.25, 0.3) is 5.95 Å². The third kappa shape index (κ3) is 1.96. The molecule has 16 heavy (non-hydrogen) atoms. The lowest BCUT2D eigenvalue weighted by Gasteiger charge is -1.92. The number of hydrogen-bond donors (Lipinski definition) is 3. The maximum atomic E-state index is 9.50. The van der Waals surface area contributed by atoms with Crippen molar-refractivity contribution >= 4 is 34.3 Å². The molecule has 6 heteroatoms. The minimum absolute atomic E-state index is 0.0660. The molecule has 1 aromatic carbocycles. The number of thiocarbonyl (C=S) groups is 1. The van der Waals surface area contributed by atoms with Crippen LogP contribution in [-0.4, -0.2) is 16.4 Å². The Labute approximate surface area is 96.5 Å². The molecule has 0 saturated carbocycles. The number of hydrogen-bond acceptors (Lipinski definition) is 4. The largest absolute Gasteiger partial charge is 0.480 e. The average Bonchev–Trinajstić information content (AvgIpc) is 2.57. The first-order chi connectivity index (χ1) is 7.68. The number of furan rings is 1. The Hall–Kier alpha value is -2.08. The topological polar surface area (TPSA) is 83.8 Å². The minimum atomic E-state index is -0.132. The smallest absolute Gasteiger partial charge is 0.290 e. The number of hydrazone groups is 1. The molecule has 0 atom stereocenters. The first-order valence-corrected chi connectivity index (χ1v) is 4.88. The van der Waals surface area contributed by atoms with Gasteiger partial charge in [0.05, 0.1) is 11.6 Å². The van der Waals surface area contributed by atoms with E-state index in [1.165, 1.54) is 6.21 Å². The highest BCUT2D eigenvalue weighted by molar-refractivity contribution is 7.80. The minimum Gasteiger partial charge on any atom is -0.480 e. The first kappa shape index (κ1) is 10.4. The van der Waals surface area contributed by atoms with E-state index in [2.05, 4.69) is 22.7 Å². The van der Waals surface area contributed by atoms with Crippen LogP contribution in [0.4, 0.5) is 0 Å². The summed E-state index contributed by atoms with van der Waals surface area (Å²) < 4.78 is 5.13. The summed E-state index contributed by atoms with van der Waals surface area (Å²) in [5, 5.41) is 14.7. The van der Waals surface area contributed by atoms with Crippen molar-refractivity contribution in [1.29, 1.82) is 0 Å². The second-order valence-corrected chi connectivity index (χ2v) is 3.49. The lowest BCUT2D eigenvalue weighted by Crippen LogP contribution is -2.23. The number of nitrogens with two attached hydrogens (primary N) is 1. The molecule has 2 aromatic rings. The van der Waals surface area contributed by atoms with Crippen molar-refractivity contribution in [2.75, 3.05) is 0 Å². The fourth-order valence-corrected chi connectivity index (χ4v) is 1.40. The maximum Gasteiger partial charge on any atom is 0.290 e. The van der Waals surface area contributed by atoms with Gasteiger partial charge in [-0.25, -0.2) is 0 Å². The number of fused-ring (bicyclic) bond motifs is 1. The highest BCUT2D eigenvalue weighted by Gasteiger charge is 2.09. The van der Waals surface area contributed by atoms with Crippen molar-refractivity contribution < 1.29 is 9.52 Å². The Balaban J connectivity index is 2.38. The van der Waals surface area contributed by atoms with E-state index in [0.717, 1.165) is 5.39 Å². The molecule has 82 valence electrons. The highest BCUT2D eigenvalue weighted by Crippen LogP contribution is 2.29. The second kappa shape index (κ2) is 4.19. The molecule has 0 aliphatic heterocycles. The lowest BCUT2D eigenvalue weighted by molar-refractivity contribution is 0.336. The van der Waals surface area contributed by atoms with E-state index >= 15 is 0 Å². The van der Waals surface area contributed by atoms with Crippen molar-refractivity contribution in [3.8, 4) is 5.95 Å². The second-order valence-electron chi connectivity index (χ2n) is 3.05. The van der Waals surface area contributed by atoms with Gasteiger partial charge >= 0.3 is 0 Å². The Bertz CT molecular complexity index is 562. The van der Waals surface area contributed by atoms with Crippen molar-refractivity contribution in [2.45, 2.75) is 0 Å². The fourth-order valence-electron chi connectivity index (χ4n) is 1.35. The van der Waals surface area contributed by atoms with E-state index in [9.17, 15) is 5.11 Å². The summed E-state index contributed by atoms with van der Waals surface area (Å²) in [4.78, 5) is 0. The van der Waals surface area contributed by atoms with Crippen LogP contribution in [0.15, 0.2) is 33.8 Å². The zero-order chi connectivity index (χ0) is 11.5. The van der Waals surface area contributed by atoms with Crippen LogP contribution in [-0.2, 0) is 0 Å². The van der Waals surface area contributed by atoms with Crippen LogP contribution in [0.2, 0.25) is 0 Å². The van der Waals surface area contributed by atoms with Gasteiger partial charge in [0.2, 0.25) is 0 Å². The summed E-state index contributed by atoms with van der Waals surface area (Å²) in [6, 6.07) is 7.23. The first-order valence-electron chi connectivity index (χ1n) is 4.47. The average molecular weight is 235 g/mol. The van der Waals surface area contributed by atoms with Gasteiger partial charge in [-0.1, -0.05) is 18.2 Å². The summed E-state index contributed by atoms with van der Waals surface area (Å²) in [7, 11) is 0. The van der Waals surface area contributed by atoms with Crippen molar-refractivity contribution in [3.05, 3.63) is 30.0 Å². The predicted molar refractivity (Wildman–Crippen MR) is 65.4 cm³/mol. The summed E-state index contributed by atoms with van der Waals surface area (Å²) in [5.74, 6) is 0.309. The van der Waals surface area contributed by atoms with Crippen molar-refractivity contribution in [3.63, 3.8) is 0 Å². The Morgan fingerprint density at radius 3 is 2.81 bits per heavy atom. The summed E-state index contributed by atoms with van der Waals surface area (Å²) in [6.07, 6.45) is 1.40. The molecule has 0 radical (unpaired) electrons. The monoisotopic (exact) mass is 235 g/mol. The van der Waals surface area contributed by atoms with Gasteiger partial charge in [-0.3, -0.25) is 5.43 Å². The molecule has 5 nitrogen and oxygen atoms in total. The van der Waals surface area contributed by atoms with Crippen molar-refractivity contribution in [2.24, 2.45) is 10.8 Å². The van der Waals surface area contributed by atoms with Crippen LogP contribution in [0.25, 0.3) is 10.8 Å². The summed E-state index contributed by atoms with van der Waals surface area (Å²) in [6.45, 7) is 0. The molecular weight excluding hydrogens is 226 g/mol. The molecule has 0 amide bonds. The van der Waals surface area contributed by atoms with E-state index in [1.54, 1.807) is 6.07 Å². The standard InChI is InChI=1S/C10H9N3O2S/c11-10(16)13-12-5-8-6-3-1-2-4-7(6)9(14)15-8/h1-5,14H,(H3,11,13,16). The third-order valence-electron chi connectivity index (χ3n) is 1.99. The van der Waals surface area contributed by atoms with Gasteiger partial charge in [0.1, 0.15) is 0 Å². The molecule has 2 rings (SSSR count). The Morgan fingerprint density at radius 1 is 1.44 bits per heavy atom. The maximum absolute atomic E-state index is 9.50. The van der Waals surface area contributed by atoms with Crippen LogP contribution in [0.3, 0.4) is 0 Å². The molecule has 0 unspecified atom stereocenters. The Kier molecular flexibility index (Phi) is 2.74. The van der Waals surface area contributed by atoms with Crippen LogP contribution in [0.5, 0.6) is 5.95 Å². The molecule has 4 N–H and O–H groups in total. The molecule has 0 spiro atoms. The number of rotatable bonds is 2. The quantitative estimate of drug-likeness (QED) is 0.415. The van der Waals surface area contributed by atoms with Gasteiger partial charge in [-0.05, 0) is 18.3 Å². The van der Waals surface area contributed by atoms with Gasteiger partial charge < -0.3 is 15.3 Å². The molecule has 0 aliphatic rings. The normalized spacial score (nSPS) is 11.0. The van der Waals surface area contributed by atoms with Crippen molar-refractivity contribution in [1.82, 2.24) is 5.43 Å². The summed E-state index contributed by atoms with van der Waals surface area (Å²) >= 11 is 4.58. The SMILES string of the molecule is NC(=S)NN=Cc1oc(O)c2ccccc12.